The molecule has 1 unspecified atom stereocenters. The second-order valence-electron chi connectivity index (χ2n) is 6.16. The van der Waals surface area contributed by atoms with Crippen molar-refractivity contribution < 1.29 is 4.79 Å². The van der Waals surface area contributed by atoms with Gasteiger partial charge in [-0.15, -0.1) is 0 Å². The van der Waals surface area contributed by atoms with E-state index in [4.69, 9.17) is 0 Å². The minimum absolute atomic E-state index is 0.0523. The second kappa shape index (κ2) is 7.29. The van der Waals surface area contributed by atoms with Crippen molar-refractivity contribution in [2.75, 3.05) is 23.4 Å². The van der Waals surface area contributed by atoms with E-state index < -0.39 is 0 Å². The van der Waals surface area contributed by atoms with Crippen molar-refractivity contribution in [3.05, 3.63) is 48.5 Å². The lowest BCUT2D eigenvalue weighted by Gasteiger charge is -2.22. The van der Waals surface area contributed by atoms with Gasteiger partial charge in [0.25, 0.3) is 0 Å². The van der Waals surface area contributed by atoms with Crippen molar-refractivity contribution in [2.24, 2.45) is 0 Å². The highest BCUT2D eigenvalue weighted by atomic mass is 32.2. The number of nitrogens with one attached hydrogen (secondary N) is 3. The standard InChI is InChI=1S/C19H20N4OS/c24-18(11-15-12-25-10-9-20-15)21-14-7-5-13(6-8-14)19-22-16-3-1-2-4-17(16)23-19/h1-8,15,20H,9-12H2,(H,21,24)(H,22,23). The van der Waals surface area contributed by atoms with E-state index in [0.717, 1.165) is 46.2 Å². The third kappa shape index (κ3) is 3.86. The van der Waals surface area contributed by atoms with Gasteiger partial charge in [0.2, 0.25) is 5.91 Å². The second-order valence-corrected chi connectivity index (χ2v) is 7.31. The van der Waals surface area contributed by atoms with Gasteiger partial charge in [-0.25, -0.2) is 4.98 Å². The van der Waals surface area contributed by atoms with E-state index in [-0.39, 0.29) is 11.9 Å². The average molecular weight is 352 g/mol. The third-order valence-electron chi connectivity index (χ3n) is 4.26. The number of anilines is 1. The van der Waals surface area contributed by atoms with Gasteiger partial charge in [0, 0.05) is 41.8 Å². The molecule has 1 atom stereocenters. The van der Waals surface area contributed by atoms with Crippen molar-refractivity contribution in [1.82, 2.24) is 15.3 Å². The number of H-pyrrole nitrogens is 1. The molecule has 3 aromatic rings. The molecule has 1 aliphatic rings. The molecule has 2 heterocycles. The van der Waals surface area contributed by atoms with Gasteiger partial charge in [-0.05, 0) is 36.4 Å². The molecule has 1 aromatic heterocycles. The SMILES string of the molecule is O=C(CC1CSCCN1)Nc1ccc(-c2nc3ccccc3[nH]2)cc1. The van der Waals surface area contributed by atoms with Crippen LogP contribution in [0.5, 0.6) is 0 Å². The summed E-state index contributed by atoms with van der Waals surface area (Å²) in [7, 11) is 0. The Morgan fingerprint density at radius 3 is 2.80 bits per heavy atom. The number of rotatable bonds is 4. The van der Waals surface area contributed by atoms with E-state index in [0.29, 0.717) is 6.42 Å². The van der Waals surface area contributed by atoms with Crippen LogP contribution in [0.3, 0.4) is 0 Å². The maximum absolute atomic E-state index is 12.2. The highest BCUT2D eigenvalue weighted by Gasteiger charge is 2.16. The quantitative estimate of drug-likeness (QED) is 0.674. The Morgan fingerprint density at radius 2 is 2.04 bits per heavy atom. The van der Waals surface area contributed by atoms with E-state index in [9.17, 15) is 4.79 Å². The number of para-hydroxylation sites is 2. The predicted octanol–water partition coefficient (Wildman–Crippen LogP) is 3.26. The van der Waals surface area contributed by atoms with Crippen LogP contribution in [0.15, 0.2) is 48.5 Å². The number of thioether (sulfide) groups is 1. The molecular weight excluding hydrogens is 332 g/mol. The number of carbonyl (C=O) groups excluding carboxylic acids is 1. The number of carbonyl (C=O) groups is 1. The van der Waals surface area contributed by atoms with Gasteiger partial charge in [0.05, 0.1) is 11.0 Å². The zero-order valence-corrected chi connectivity index (χ0v) is 14.6. The van der Waals surface area contributed by atoms with E-state index in [1.807, 2.05) is 60.3 Å². The summed E-state index contributed by atoms with van der Waals surface area (Å²) < 4.78 is 0. The van der Waals surface area contributed by atoms with Crippen LogP contribution in [0.1, 0.15) is 6.42 Å². The van der Waals surface area contributed by atoms with Crippen LogP contribution in [-0.2, 0) is 4.79 Å². The fourth-order valence-corrected chi connectivity index (χ4v) is 3.94. The Hall–Kier alpha value is -2.31. The van der Waals surface area contributed by atoms with Crippen molar-refractivity contribution in [2.45, 2.75) is 12.5 Å². The van der Waals surface area contributed by atoms with E-state index in [2.05, 4.69) is 20.6 Å². The minimum atomic E-state index is 0.0523. The molecule has 0 radical (unpaired) electrons. The molecule has 1 aliphatic heterocycles. The van der Waals surface area contributed by atoms with Gasteiger partial charge >= 0.3 is 0 Å². The van der Waals surface area contributed by atoms with Crippen molar-refractivity contribution in [3.63, 3.8) is 0 Å². The molecule has 1 saturated heterocycles. The Morgan fingerprint density at radius 1 is 1.20 bits per heavy atom. The van der Waals surface area contributed by atoms with Crippen LogP contribution >= 0.6 is 11.8 Å². The highest BCUT2D eigenvalue weighted by Crippen LogP contribution is 2.22. The van der Waals surface area contributed by atoms with Gasteiger partial charge in [0.15, 0.2) is 0 Å². The first-order valence-electron chi connectivity index (χ1n) is 8.44. The predicted molar refractivity (Wildman–Crippen MR) is 104 cm³/mol. The summed E-state index contributed by atoms with van der Waals surface area (Å²) in [6.45, 7) is 0.981. The summed E-state index contributed by atoms with van der Waals surface area (Å²) in [5.41, 5.74) is 3.79. The lowest BCUT2D eigenvalue weighted by Crippen LogP contribution is -2.39. The van der Waals surface area contributed by atoms with Gasteiger partial charge in [-0.1, -0.05) is 12.1 Å². The molecular formula is C19H20N4OS. The number of benzene rings is 2. The lowest BCUT2D eigenvalue weighted by atomic mass is 10.2. The van der Waals surface area contributed by atoms with E-state index >= 15 is 0 Å². The molecule has 4 rings (SSSR count). The summed E-state index contributed by atoms with van der Waals surface area (Å²) in [4.78, 5) is 20.1. The maximum atomic E-state index is 12.2. The fourth-order valence-electron chi connectivity index (χ4n) is 2.99. The molecule has 6 heteroatoms. The van der Waals surface area contributed by atoms with Crippen molar-refractivity contribution in [1.29, 1.82) is 0 Å². The van der Waals surface area contributed by atoms with Crippen LogP contribution in [0.4, 0.5) is 5.69 Å². The number of fused-ring (bicyclic) bond motifs is 1. The highest BCUT2D eigenvalue weighted by molar-refractivity contribution is 7.99. The maximum Gasteiger partial charge on any atom is 0.225 e. The molecule has 128 valence electrons. The molecule has 1 amide bonds. The molecule has 0 aliphatic carbocycles. The normalized spacial score (nSPS) is 17.5. The zero-order valence-electron chi connectivity index (χ0n) is 13.8. The van der Waals surface area contributed by atoms with Crippen LogP contribution in [-0.4, -0.2) is 40.0 Å². The minimum Gasteiger partial charge on any atom is -0.338 e. The van der Waals surface area contributed by atoms with Crippen LogP contribution in [0.2, 0.25) is 0 Å². The Kier molecular flexibility index (Phi) is 4.72. The first kappa shape index (κ1) is 16.2. The van der Waals surface area contributed by atoms with Crippen LogP contribution in [0.25, 0.3) is 22.4 Å². The molecule has 0 saturated carbocycles. The van der Waals surface area contributed by atoms with Crippen molar-refractivity contribution in [3.8, 4) is 11.4 Å². The van der Waals surface area contributed by atoms with Gasteiger partial charge in [-0.2, -0.15) is 11.8 Å². The topological polar surface area (TPSA) is 69.8 Å². The summed E-state index contributed by atoms with van der Waals surface area (Å²) in [5, 5.41) is 6.36. The number of aromatic nitrogens is 2. The number of imidazole rings is 1. The first-order chi connectivity index (χ1) is 12.3. The number of nitrogens with zero attached hydrogens (tertiary/aromatic N) is 1. The van der Waals surface area contributed by atoms with E-state index in [1.54, 1.807) is 0 Å². The molecule has 3 N–H and O–H groups in total. The van der Waals surface area contributed by atoms with Gasteiger partial charge in [0.1, 0.15) is 5.82 Å². The molecule has 0 spiro atoms. The number of hydrogen-bond acceptors (Lipinski definition) is 4. The fraction of sp³-hybridized carbons (Fsp3) is 0.263. The Balaban J connectivity index is 1.41. The summed E-state index contributed by atoms with van der Waals surface area (Å²) in [6.07, 6.45) is 0.512. The summed E-state index contributed by atoms with van der Waals surface area (Å²) in [6, 6.07) is 16.0. The summed E-state index contributed by atoms with van der Waals surface area (Å²) >= 11 is 1.90. The Labute approximate surface area is 150 Å². The summed E-state index contributed by atoms with van der Waals surface area (Å²) in [5.74, 6) is 3.01. The first-order valence-corrected chi connectivity index (χ1v) is 9.59. The zero-order chi connectivity index (χ0) is 17.1. The Bertz CT molecular complexity index is 836. The van der Waals surface area contributed by atoms with Crippen molar-refractivity contribution >= 4 is 34.4 Å². The molecule has 1 fully saturated rings. The number of amides is 1. The van der Waals surface area contributed by atoms with Gasteiger partial charge < -0.3 is 15.6 Å². The smallest absolute Gasteiger partial charge is 0.225 e. The molecule has 2 aromatic carbocycles. The average Bonchev–Trinajstić information content (AvgIpc) is 3.07. The number of hydrogen-bond donors (Lipinski definition) is 3. The van der Waals surface area contributed by atoms with Gasteiger partial charge in [-0.3, -0.25) is 4.79 Å². The largest absolute Gasteiger partial charge is 0.338 e. The molecule has 0 bridgehead atoms. The molecule has 25 heavy (non-hydrogen) atoms. The van der Waals surface area contributed by atoms with Crippen LogP contribution in [0, 0.1) is 0 Å². The third-order valence-corrected chi connectivity index (χ3v) is 5.39. The number of aromatic amines is 1. The van der Waals surface area contributed by atoms with Crippen LogP contribution < -0.4 is 10.6 Å². The molecule has 5 nitrogen and oxygen atoms in total. The lowest BCUT2D eigenvalue weighted by molar-refractivity contribution is -0.116. The monoisotopic (exact) mass is 352 g/mol. The van der Waals surface area contributed by atoms with E-state index in [1.165, 1.54) is 0 Å².